The fourth-order valence-electron chi connectivity index (χ4n) is 4.49. The molecule has 1 aromatic rings. The summed E-state index contributed by atoms with van der Waals surface area (Å²) in [6, 6.07) is 10.3. The van der Waals surface area contributed by atoms with Gasteiger partial charge in [-0.25, -0.2) is 0 Å². The zero-order valence-electron chi connectivity index (χ0n) is 13.6. The molecule has 0 aromatic heterocycles. The Hall–Kier alpha value is -1.39. The highest BCUT2D eigenvalue weighted by atomic mass is 16.5. The Morgan fingerprint density at radius 2 is 1.70 bits per heavy atom. The number of benzene rings is 1. The second-order valence-corrected chi connectivity index (χ2v) is 7.34. The van der Waals surface area contributed by atoms with Crippen molar-refractivity contribution in [2.75, 3.05) is 39.5 Å². The van der Waals surface area contributed by atoms with Crippen LogP contribution in [0.25, 0.3) is 0 Å². The lowest BCUT2D eigenvalue weighted by molar-refractivity contribution is -0.140. The molecule has 124 valence electrons. The molecule has 3 heterocycles. The molecule has 4 nitrogen and oxygen atoms in total. The molecule has 0 bridgehead atoms. The van der Waals surface area contributed by atoms with E-state index in [1.165, 1.54) is 0 Å². The second-order valence-electron chi connectivity index (χ2n) is 7.34. The first kappa shape index (κ1) is 15.2. The monoisotopic (exact) mass is 315 g/mol. The Bertz CT molecular complexity index is 559. The Balaban J connectivity index is 1.61. The van der Waals surface area contributed by atoms with Crippen molar-refractivity contribution in [2.24, 2.45) is 5.41 Å². The fraction of sp³-hybridized carbons (Fsp3) is 0.632. The number of ether oxygens (including phenoxy) is 2. The molecule has 1 spiro atoms. The van der Waals surface area contributed by atoms with E-state index < -0.39 is 5.41 Å². The van der Waals surface area contributed by atoms with Gasteiger partial charge in [-0.1, -0.05) is 30.3 Å². The smallest absolute Gasteiger partial charge is 0.233 e. The summed E-state index contributed by atoms with van der Waals surface area (Å²) in [7, 11) is 0. The van der Waals surface area contributed by atoms with Crippen LogP contribution in [0, 0.1) is 5.41 Å². The third kappa shape index (κ3) is 2.58. The van der Waals surface area contributed by atoms with Crippen molar-refractivity contribution in [1.29, 1.82) is 0 Å². The van der Waals surface area contributed by atoms with Gasteiger partial charge in [0.2, 0.25) is 5.91 Å². The highest BCUT2D eigenvalue weighted by Crippen LogP contribution is 2.42. The van der Waals surface area contributed by atoms with Crippen molar-refractivity contribution < 1.29 is 14.3 Å². The van der Waals surface area contributed by atoms with Gasteiger partial charge in [-0.05, 0) is 31.2 Å². The average Bonchev–Trinajstić information content (AvgIpc) is 3.26. The third-order valence-corrected chi connectivity index (χ3v) is 5.99. The number of nitrogens with zero attached hydrogens (tertiary/aromatic N) is 1. The van der Waals surface area contributed by atoms with E-state index in [1.54, 1.807) is 0 Å². The Morgan fingerprint density at radius 1 is 0.957 bits per heavy atom. The Kier molecular flexibility index (Phi) is 3.90. The lowest BCUT2D eigenvalue weighted by Crippen LogP contribution is -2.49. The molecule has 4 rings (SSSR count). The predicted molar refractivity (Wildman–Crippen MR) is 87.2 cm³/mol. The summed E-state index contributed by atoms with van der Waals surface area (Å²) in [5.74, 6) is 0.302. The zero-order chi connectivity index (χ0) is 15.8. The number of carbonyl (C=O) groups excluding carboxylic acids is 1. The van der Waals surface area contributed by atoms with Crippen molar-refractivity contribution in [3.8, 4) is 0 Å². The number of hydrogen-bond donors (Lipinski definition) is 0. The molecule has 1 aromatic carbocycles. The van der Waals surface area contributed by atoms with Gasteiger partial charge in [-0.3, -0.25) is 4.79 Å². The minimum absolute atomic E-state index is 0.221. The van der Waals surface area contributed by atoms with Crippen molar-refractivity contribution in [2.45, 2.75) is 31.1 Å². The Labute approximate surface area is 137 Å². The minimum atomic E-state index is -0.398. The number of likely N-dealkylation sites (tertiary alicyclic amines) is 1. The zero-order valence-corrected chi connectivity index (χ0v) is 13.6. The van der Waals surface area contributed by atoms with Crippen LogP contribution in [0.3, 0.4) is 0 Å². The van der Waals surface area contributed by atoms with E-state index in [2.05, 4.69) is 17.0 Å². The maximum Gasteiger partial charge on any atom is 0.233 e. The van der Waals surface area contributed by atoms with Crippen LogP contribution in [0.15, 0.2) is 30.3 Å². The largest absolute Gasteiger partial charge is 0.381 e. The molecule has 0 saturated carbocycles. The highest BCUT2D eigenvalue weighted by Gasteiger charge is 2.49. The molecule has 3 aliphatic rings. The summed E-state index contributed by atoms with van der Waals surface area (Å²) in [5, 5.41) is 0. The first-order valence-corrected chi connectivity index (χ1v) is 8.75. The van der Waals surface area contributed by atoms with Crippen molar-refractivity contribution in [1.82, 2.24) is 4.90 Å². The molecule has 0 unspecified atom stereocenters. The van der Waals surface area contributed by atoms with Gasteiger partial charge in [0.05, 0.1) is 12.0 Å². The predicted octanol–water partition coefficient (Wildman–Crippen LogP) is 2.37. The van der Waals surface area contributed by atoms with E-state index in [-0.39, 0.29) is 5.41 Å². The lowest BCUT2D eigenvalue weighted by atomic mass is 9.73. The van der Waals surface area contributed by atoms with Crippen LogP contribution in [0.5, 0.6) is 0 Å². The minimum Gasteiger partial charge on any atom is -0.381 e. The van der Waals surface area contributed by atoms with Crippen molar-refractivity contribution >= 4 is 5.91 Å². The second kappa shape index (κ2) is 5.91. The lowest BCUT2D eigenvalue weighted by Gasteiger charge is -2.39. The molecular formula is C19H25NO3. The van der Waals surface area contributed by atoms with Gasteiger partial charge >= 0.3 is 0 Å². The first-order valence-electron chi connectivity index (χ1n) is 8.75. The van der Waals surface area contributed by atoms with E-state index >= 15 is 0 Å². The third-order valence-electron chi connectivity index (χ3n) is 5.99. The summed E-state index contributed by atoms with van der Waals surface area (Å²) < 4.78 is 11.2. The van der Waals surface area contributed by atoms with E-state index in [9.17, 15) is 4.79 Å². The van der Waals surface area contributed by atoms with Crippen LogP contribution in [0.1, 0.15) is 31.2 Å². The molecule has 3 fully saturated rings. The molecule has 1 atom stereocenters. The normalized spacial score (nSPS) is 30.0. The number of hydrogen-bond acceptors (Lipinski definition) is 3. The summed E-state index contributed by atoms with van der Waals surface area (Å²) in [4.78, 5) is 15.6. The van der Waals surface area contributed by atoms with E-state index in [1.807, 2.05) is 18.2 Å². The van der Waals surface area contributed by atoms with Gasteiger partial charge in [0.25, 0.3) is 0 Å². The maximum absolute atomic E-state index is 13.5. The van der Waals surface area contributed by atoms with Crippen LogP contribution >= 0.6 is 0 Å². The van der Waals surface area contributed by atoms with E-state index in [0.717, 1.165) is 57.6 Å². The van der Waals surface area contributed by atoms with Gasteiger partial charge in [0.15, 0.2) is 0 Å². The molecule has 0 aliphatic carbocycles. The van der Waals surface area contributed by atoms with Gasteiger partial charge in [0, 0.05) is 38.3 Å². The van der Waals surface area contributed by atoms with Gasteiger partial charge in [-0.2, -0.15) is 0 Å². The standard InChI is InChI=1S/C19H25NO3/c21-17(20-10-6-18(14-20)7-11-23-15-18)19(8-12-22-13-9-19)16-4-2-1-3-5-16/h1-5H,6-15H2/t18-/m1/s1. The molecular weight excluding hydrogens is 290 g/mol. The number of carbonyl (C=O) groups is 1. The Morgan fingerprint density at radius 3 is 2.39 bits per heavy atom. The average molecular weight is 315 g/mol. The van der Waals surface area contributed by atoms with Crippen molar-refractivity contribution in [3.63, 3.8) is 0 Å². The molecule has 4 heteroatoms. The molecule has 23 heavy (non-hydrogen) atoms. The topological polar surface area (TPSA) is 38.8 Å². The summed E-state index contributed by atoms with van der Waals surface area (Å²) in [6.45, 7) is 4.74. The first-order chi connectivity index (χ1) is 11.2. The van der Waals surface area contributed by atoms with Gasteiger partial charge in [-0.15, -0.1) is 0 Å². The molecule has 3 saturated heterocycles. The van der Waals surface area contributed by atoms with E-state index in [4.69, 9.17) is 9.47 Å². The number of rotatable bonds is 2. The quantitative estimate of drug-likeness (QED) is 0.841. The molecule has 0 N–H and O–H groups in total. The van der Waals surface area contributed by atoms with Crippen LogP contribution in [0.2, 0.25) is 0 Å². The van der Waals surface area contributed by atoms with Crippen LogP contribution in [-0.2, 0) is 19.7 Å². The van der Waals surface area contributed by atoms with Crippen molar-refractivity contribution in [3.05, 3.63) is 35.9 Å². The number of amides is 1. The van der Waals surface area contributed by atoms with E-state index in [0.29, 0.717) is 19.1 Å². The van der Waals surface area contributed by atoms with Gasteiger partial charge in [0.1, 0.15) is 0 Å². The fourth-order valence-corrected chi connectivity index (χ4v) is 4.49. The summed E-state index contributed by atoms with van der Waals surface area (Å²) >= 11 is 0. The summed E-state index contributed by atoms with van der Waals surface area (Å²) in [6.07, 6.45) is 3.75. The van der Waals surface area contributed by atoms with Gasteiger partial charge < -0.3 is 14.4 Å². The maximum atomic E-state index is 13.5. The molecule has 3 aliphatic heterocycles. The van der Waals surface area contributed by atoms with Crippen LogP contribution in [0.4, 0.5) is 0 Å². The highest BCUT2D eigenvalue weighted by molar-refractivity contribution is 5.88. The summed E-state index contributed by atoms with van der Waals surface area (Å²) in [5.41, 5.74) is 0.973. The van der Waals surface area contributed by atoms with Crippen LogP contribution in [-0.4, -0.2) is 50.3 Å². The van der Waals surface area contributed by atoms with Crippen LogP contribution < -0.4 is 0 Å². The molecule has 1 amide bonds. The molecule has 0 radical (unpaired) electrons. The SMILES string of the molecule is O=C(N1CC[C@@]2(CCOC2)C1)C1(c2ccccc2)CCOCC1.